The molecule has 0 saturated heterocycles. The fourth-order valence-corrected chi connectivity index (χ4v) is 2.63. The van der Waals surface area contributed by atoms with Crippen LogP contribution >= 0.6 is 7.81 Å². The molecule has 0 spiro atoms. The third kappa shape index (κ3) is 7.04. The molecule has 0 N–H and O–H groups in total. The van der Waals surface area contributed by atoms with Gasteiger partial charge in [0.25, 0.3) is 0 Å². The zero-order chi connectivity index (χ0) is 20.2. The Morgan fingerprint density at radius 3 is 0.852 bits per heavy atom. The predicted molar refractivity (Wildman–Crippen MR) is 99.9 cm³/mol. The zero-order valence-electron chi connectivity index (χ0n) is 14.3. The van der Waals surface area contributed by atoms with Crippen LogP contribution in [0.1, 0.15) is 0 Å². The van der Waals surface area contributed by atoms with E-state index >= 15 is 0 Å². The molecular formula is C19H18F6NP. The van der Waals surface area contributed by atoms with Gasteiger partial charge in [0.15, 0.2) is 0 Å². The van der Waals surface area contributed by atoms with Crippen LogP contribution in [-0.2, 0) is 0 Å². The Labute approximate surface area is 153 Å². The van der Waals surface area contributed by atoms with E-state index in [1.54, 1.807) is 0 Å². The molecule has 3 aromatic carbocycles. The van der Waals surface area contributed by atoms with Gasteiger partial charge in [-0.3, -0.25) is 0 Å². The van der Waals surface area contributed by atoms with Crippen LogP contribution in [-0.4, -0.2) is 7.05 Å². The van der Waals surface area contributed by atoms with Gasteiger partial charge in [-0.2, -0.15) is 0 Å². The molecule has 0 aromatic heterocycles. The van der Waals surface area contributed by atoms with E-state index < -0.39 is 7.81 Å². The van der Waals surface area contributed by atoms with E-state index in [0.717, 1.165) is 0 Å². The number of quaternary nitrogens is 1. The molecule has 0 fully saturated rings. The van der Waals surface area contributed by atoms with Crippen molar-refractivity contribution in [1.82, 2.24) is 4.48 Å². The van der Waals surface area contributed by atoms with Gasteiger partial charge < -0.3 is 0 Å². The van der Waals surface area contributed by atoms with Crippen molar-refractivity contribution in [3.05, 3.63) is 91.0 Å². The van der Waals surface area contributed by atoms with E-state index in [0.29, 0.717) is 4.48 Å². The molecule has 0 aliphatic rings. The van der Waals surface area contributed by atoms with Crippen molar-refractivity contribution in [2.75, 3.05) is 7.05 Å². The van der Waals surface area contributed by atoms with Crippen LogP contribution in [0.3, 0.4) is 0 Å². The molecule has 0 amide bonds. The second-order valence-corrected chi connectivity index (χ2v) is 7.89. The third-order valence-electron chi connectivity index (χ3n) is 3.82. The first-order valence-corrected chi connectivity index (χ1v) is 9.89. The van der Waals surface area contributed by atoms with Crippen molar-refractivity contribution >= 4 is 24.9 Å². The summed E-state index contributed by atoms with van der Waals surface area (Å²) in [7, 11) is -8.42. The molecule has 0 radical (unpaired) electrons. The first kappa shape index (κ1) is 20.9. The van der Waals surface area contributed by atoms with E-state index in [4.69, 9.17) is 0 Å². The van der Waals surface area contributed by atoms with Gasteiger partial charge in [0.1, 0.15) is 17.1 Å². The van der Waals surface area contributed by atoms with E-state index in [1.807, 2.05) is 0 Å². The maximum absolute atomic E-state index is 10.7. The van der Waals surface area contributed by atoms with Crippen LogP contribution in [0.25, 0.3) is 0 Å². The average molecular weight is 405 g/mol. The van der Waals surface area contributed by atoms with Crippen LogP contribution in [0.15, 0.2) is 91.0 Å². The van der Waals surface area contributed by atoms with Gasteiger partial charge in [0.05, 0.1) is 7.05 Å². The zero-order valence-corrected chi connectivity index (χ0v) is 15.2. The Morgan fingerprint density at radius 1 is 0.481 bits per heavy atom. The van der Waals surface area contributed by atoms with Gasteiger partial charge in [-0.05, 0) is 36.4 Å². The number of hydrogen-bond donors (Lipinski definition) is 0. The van der Waals surface area contributed by atoms with Crippen molar-refractivity contribution in [2.45, 2.75) is 0 Å². The summed E-state index contributed by atoms with van der Waals surface area (Å²) >= 11 is 0. The van der Waals surface area contributed by atoms with Crippen LogP contribution < -0.4 is 4.48 Å². The summed E-state index contributed by atoms with van der Waals surface area (Å²) in [6.07, 6.45) is 0. The number of rotatable bonds is 3. The van der Waals surface area contributed by atoms with Crippen LogP contribution in [0.5, 0.6) is 0 Å². The summed E-state index contributed by atoms with van der Waals surface area (Å²) in [4.78, 5) is 0. The van der Waals surface area contributed by atoms with Crippen LogP contribution in [0.4, 0.5) is 42.2 Å². The molecule has 0 saturated carbocycles. The molecule has 146 valence electrons. The molecule has 0 unspecified atom stereocenters. The second-order valence-electron chi connectivity index (χ2n) is 5.97. The van der Waals surface area contributed by atoms with Crippen molar-refractivity contribution in [2.24, 2.45) is 0 Å². The standard InChI is InChI=1S/C19H18N.F6P/c1-20(17-11-5-2-6-12-17,18-13-7-3-8-14-18)19-15-9-4-10-16-19;1-7(2,3,4,5)6/h2-16H,1H3;/q+1;-1. The topological polar surface area (TPSA) is 0 Å². The number of hydrogen-bond acceptors (Lipinski definition) is 0. The number of para-hydroxylation sites is 3. The fraction of sp³-hybridized carbons (Fsp3) is 0.0526. The minimum absolute atomic E-state index is 0.669. The van der Waals surface area contributed by atoms with E-state index in [9.17, 15) is 25.2 Å². The number of nitrogens with zero attached hydrogens (tertiary/aromatic N) is 1. The molecule has 0 aliphatic heterocycles. The Hall–Kier alpha value is -2.37. The van der Waals surface area contributed by atoms with Crippen molar-refractivity contribution in [3.8, 4) is 0 Å². The molecular weight excluding hydrogens is 387 g/mol. The van der Waals surface area contributed by atoms with Crippen LogP contribution in [0, 0.1) is 0 Å². The van der Waals surface area contributed by atoms with Crippen molar-refractivity contribution in [3.63, 3.8) is 0 Å². The van der Waals surface area contributed by atoms with Gasteiger partial charge in [-0.15, -0.1) is 0 Å². The van der Waals surface area contributed by atoms with Gasteiger partial charge >= 0.3 is 33.0 Å². The summed E-state index contributed by atoms with van der Waals surface area (Å²) in [5, 5.41) is 0. The average Bonchev–Trinajstić information content (AvgIpc) is 2.61. The SMILES string of the molecule is C[N+](c1ccccc1)(c1ccccc1)c1ccccc1.F[P-](F)(F)(F)(F)F. The molecule has 1 nitrogen and oxygen atoms in total. The quantitative estimate of drug-likeness (QED) is 0.232. The van der Waals surface area contributed by atoms with Crippen molar-refractivity contribution < 1.29 is 25.2 Å². The van der Waals surface area contributed by atoms with E-state index in [-0.39, 0.29) is 0 Å². The monoisotopic (exact) mass is 405 g/mol. The van der Waals surface area contributed by atoms with E-state index in [2.05, 4.69) is 98.0 Å². The Balaban J connectivity index is 0.000000321. The molecule has 0 heterocycles. The summed E-state index contributed by atoms with van der Waals surface area (Å²) < 4.78 is 59.9. The number of halogens is 6. The summed E-state index contributed by atoms with van der Waals surface area (Å²) in [6, 6.07) is 31.8. The Bertz CT molecular complexity index is 758. The van der Waals surface area contributed by atoms with Crippen molar-refractivity contribution in [1.29, 1.82) is 0 Å². The second kappa shape index (κ2) is 6.66. The maximum atomic E-state index is 9.87. The predicted octanol–water partition coefficient (Wildman–Crippen LogP) is 8.67. The summed E-state index contributed by atoms with van der Waals surface area (Å²) in [6.45, 7) is 0. The molecule has 27 heavy (non-hydrogen) atoms. The fourth-order valence-electron chi connectivity index (χ4n) is 2.63. The molecule has 8 heteroatoms. The van der Waals surface area contributed by atoms with Gasteiger partial charge in [-0.1, -0.05) is 54.6 Å². The summed E-state index contributed by atoms with van der Waals surface area (Å²) in [5.74, 6) is 0. The molecule has 0 atom stereocenters. The van der Waals surface area contributed by atoms with Gasteiger partial charge in [-0.25, -0.2) is 4.48 Å². The summed E-state index contributed by atoms with van der Waals surface area (Å²) in [5.41, 5.74) is 3.76. The normalized spacial score (nSPS) is 14.3. The molecule has 3 aromatic rings. The Morgan fingerprint density at radius 2 is 0.667 bits per heavy atom. The van der Waals surface area contributed by atoms with Gasteiger partial charge in [0, 0.05) is 0 Å². The van der Waals surface area contributed by atoms with E-state index in [1.165, 1.54) is 17.1 Å². The molecule has 0 bridgehead atoms. The third-order valence-corrected chi connectivity index (χ3v) is 3.82. The Kier molecular flexibility index (Phi) is 5.16. The minimum atomic E-state index is -10.7. The molecule has 0 aliphatic carbocycles. The van der Waals surface area contributed by atoms with Crippen LogP contribution in [0.2, 0.25) is 0 Å². The first-order valence-electron chi connectivity index (χ1n) is 7.86. The molecule has 3 rings (SSSR count). The first-order chi connectivity index (χ1) is 12.3. The van der Waals surface area contributed by atoms with Gasteiger partial charge in [0.2, 0.25) is 0 Å². The number of benzene rings is 3.